The molecule has 0 unspecified atom stereocenters. The zero-order valence-corrected chi connectivity index (χ0v) is 15.4. The lowest BCUT2D eigenvalue weighted by Crippen LogP contribution is -2.36. The average molecular weight is 391 g/mol. The number of nitrogens with two attached hydrogens (primary N) is 1. The standard InChI is InChI=1S/C19H17N7O3/c1-2-25(18(20)29)19-23-14-6-12(11-4-3-5-21-8-11)7-15(16(14)24-19)26-10-13(9-22-26)17(27)28/h3-10H,2H2,1H3,(H2,20,29)(H,23,24)(H,27,28). The number of nitrogens with one attached hydrogen (secondary N) is 1. The second-order valence-electron chi connectivity index (χ2n) is 6.25. The van der Waals surface area contributed by atoms with Crippen LogP contribution in [-0.2, 0) is 0 Å². The minimum atomic E-state index is -1.08. The predicted molar refractivity (Wildman–Crippen MR) is 106 cm³/mol. The first-order valence-corrected chi connectivity index (χ1v) is 8.77. The minimum Gasteiger partial charge on any atom is -0.478 e. The second-order valence-corrected chi connectivity index (χ2v) is 6.25. The predicted octanol–water partition coefficient (Wildman–Crippen LogP) is 2.41. The number of carbonyl (C=O) groups excluding carboxylic acids is 1. The summed E-state index contributed by atoms with van der Waals surface area (Å²) in [5.74, 6) is -0.783. The van der Waals surface area contributed by atoms with Crippen LogP contribution in [0.2, 0.25) is 0 Å². The van der Waals surface area contributed by atoms with E-state index in [0.29, 0.717) is 29.2 Å². The Morgan fingerprint density at radius 2 is 2.10 bits per heavy atom. The van der Waals surface area contributed by atoms with Crippen molar-refractivity contribution in [2.24, 2.45) is 5.73 Å². The summed E-state index contributed by atoms with van der Waals surface area (Å²) in [6.45, 7) is 2.12. The van der Waals surface area contributed by atoms with Crippen LogP contribution in [0.25, 0.3) is 27.8 Å². The molecular weight excluding hydrogens is 374 g/mol. The Morgan fingerprint density at radius 1 is 1.28 bits per heavy atom. The first-order valence-electron chi connectivity index (χ1n) is 8.77. The van der Waals surface area contributed by atoms with Gasteiger partial charge >= 0.3 is 12.0 Å². The van der Waals surface area contributed by atoms with Crippen LogP contribution >= 0.6 is 0 Å². The smallest absolute Gasteiger partial charge is 0.338 e. The summed E-state index contributed by atoms with van der Waals surface area (Å²) in [5.41, 5.74) is 8.89. The highest BCUT2D eigenvalue weighted by molar-refractivity contribution is 5.95. The van der Waals surface area contributed by atoms with Gasteiger partial charge in [0.2, 0.25) is 5.95 Å². The van der Waals surface area contributed by atoms with Crippen LogP contribution in [0.3, 0.4) is 0 Å². The molecular formula is C19H17N7O3. The molecule has 0 saturated carbocycles. The molecule has 2 amide bonds. The third-order valence-electron chi connectivity index (χ3n) is 4.46. The van der Waals surface area contributed by atoms with Crippen molar-refractivity contribution in [1.82, 2.24) is 24.7 Å². The maximum atomic E-state index is 11.7. The molecule has 0 aliphatic heterocycles. The molecule has 1 aromatic carbocycles. The van der Waals surface area contributed by atoms with Crippen LogP contribution in [-0.4, -0.2) is 48.4 Å². The topological polar surface area (TPSA) is 143 Å². The Hall–Kier alpha value is -4.21. The number of carboxylic acids is 1. The summed E-state index contributed by atoms with van der Waals surface area (Å²) < 4.78 is 1.44. The van der Waals surface area contributed by atoms with E-state index in [1.54, 1.807) is 19.3 Å². The van der Waals surface area contributed by atoms with E-state index in [0.717, 1.165) is 11.1 Å². The molecule has 0 saturated heterocycles. The van der Waals surface area contributed by atoms with Gasteiger partial charge in [-0.3, -0.25) is 9.88 Å². The number of aromatic carboxylic acids is 1. The fraction of sp³-hybridized carbons (Fsp3) is 0.105. The van der Waals surface area contributed by atoms with E-state index in [9.17, 15) is 14.7 Å². The Balaban J connectivity index is 1.96. The van der Waals surface area contributed by atoms with Gasteiger partial charge < -0.3 is 15.8 Å². The summed E-state index contributed by atoms with van der Waals surface area (Å²) in [5, 5.41) is 13.4. The van der Waals surface area contributed by atoms with Crippen molar-refractivity contribution in [3.8, 4) is 16.8 Å². The van der Waals surface area contributed by atoms with Gasteiger partial charge in [-0.15, -0.1) is 0 Å². The number of carboxylic acid groups (broad SMARTS) is 1. The van der Waals surface area contributed by atoms with E-state index in [1.165, 1.54) is 22.0 Å². The van der Waals surface area contributed by atoms with Crippen molar-refractivity contribution in [2.75, 3.05) is 11.4 Å². The second kappa shape index (κ2) is 7.08. The summed E-state index contributed by atoms with van der Waals surface area (Å²) in [7, 11) is 0. The number of nitrogens with zero attached hydrogens (tertiary/aromatic N) is 5. The molecule has 4 rings (SSSR count). The molecule has 0 aliphatic carbocycles. The van der Waals surface area contributed by atoms with E-state index >= 15 is 0 Å². The fourth-order valence-electron chi connectivity index (χ4n) is 3.06. The lowest BCUT2D eigenvalue weighted by Gasteiger charge is -2.13. The number of hydrogen-bond donors (Lipinski definition) is 3. The number of benzene rings is 1. The Labute approximate surface area is 164 Å². The van der Waals surface area contributed by atoms with Gasteiger partial charge in [0.15, 0.2) is 0 Å². The van der Waals surface area contributed by atoms with Crippen molar-refractivity contribution in [3.05, 3.63) is 54.6 Å². The third kappa shape index (κ3) is 3.27. The highest BCUT2D eigenvalue weighted by Crippen LogP contribution is 2.30. The van der Waals surface area contributed by atoms with Crippen molar-refractivity contribution < 1.29 is 14.7 Å². The van der Waals surface area contributed by atoms with Gasteiger partial charge in [0.1, 0.15) is 5.52 Å². The maximum absolute atomic E-state index is 11.7. The van der Waals surface area contributed by atoms with E-state index in [1.807, 2.05) is 24.3 Å². The highest BCUT2D eigenvalue weighted by atomic mass is 16.4. The maximum Gasteiger partial charge on any atom is 0.338 e. The van der Waals surface area contributed by atoms with Crippen LogP contribution in [0.4, 0.5) is 10.7 Å². The first kappa shape index (κ1) is 18.2. The van der Waals surface area contributed by atoms with Gasteiger partial charge in [-0.25, -0.2) is 19.3 Å². The van der Waals surface area contributed by atoms with Gasteiger partial charge in [0.05, 0.1) is 23.0 Å². The number of fused-ring (bicyclic) bond motifs is 1. The molecule has 0 aliphatic rings. The quantitative estimate of drug-likeness (QED) is 0.477. The molecule has 0 atom stereocenters. The highest BCUT2D eigenvalue weighted by Gasteiger charge is 2.19. The first-order chi connectivity index (χ1) is 14.0. The number of carbonyl (C=O) groups is 2. The number of aromatic amines is 1. The monoisotopic (exact) mass is 391 g/mol. The van der Waals surface area contributed by atoms with E-state index in [-0.39, 0.29) is 5.56 Å². The summed E-state index contributed by atoms with van der Waals surface area (Å²) in [4.78, 5) is 36.1. The number of imidazole rings is 1. The van der Waals surface area contributed by atoms with Crippen LogP contribution in [0.1, 0.15) is 17.3 Å². The largest absolute Gasteiger partial charge is 0.478 e. The third-order valence-corrected chi connectivity index (χ3v) is 4.46. The van der Waals surface area contributed by atoms with Crippen molar-refractivity contribution >= 4 is 29.0 Å². The van der Waals surface area contributed by atoms with Crippen molar-refractivity contribution in [1.29, 1.82) is 0 Å². The number of amides is 2. The normalized spacial score (nSPS) is 10.9. The molecule has 146 valence electrons. The van der Waals surface area contributed by atoms with Gasteiger partial charge in [-0.2, -0.15) is 5.10 Å². The van der Waals surface area contributed by atoms with Gasteiger partial charge in [0.25, 0.3) is 0 Å². The number of H-pyrrole nitrogens is 1. The molecule has 4 N–H and O–H groups in total. The van der Waals surface area contributed by atoms with Gasteiger partial charge in [-0.1, -0.05) is 6.07 Å². The Morgan fingerprint density at radius 3 is 2.72 bits per heavy atom. The number of urea groups is 1. The zero-order valence-electron chi connectivity index (χ0n) is 15.4. The minimum absolute atomic E-state index is 0.0491. The van der Waals surface area contributed by atoms with Crippen LogP contribution < -0.4 is 10.6 Å². The van der Waals surface area contributed by atoms with Crippen LogP contribution in [0, 0.1) is 0 Å². The molecule has 3 aromatic heterocycles. The number of hydrogen-bond acceptors (Lipinski definition) is 5. The average Bonchev–Trinajstić information content (AvgIpc) is 3.35. The number of primary amides is 1. The number of rotatable bonds is 5. The molecule has 0 radical (unpaired) electrons. The number of anilines is 1. The van der Waals surface area contributed by atoms with E-state index in [2.05, 4.69) is 20.1 Å². The van der Waals surface area contributed by atoms with E-state index < -0.39 is 12.0 Å². The summed E-state index contributed by atoms with van der Waals surface area (Å²) >= 11 is 0. The molecule has 10 nitrogen and oxygen atoms in total. The van der Waals surface area contributed by atoms with Crippen molar-refractivity contribution in [3.63, 3.8) is 0 Å². The molecule has 0 spiro atoms. The van der Waals surface area contributed by atoms with Gasteiger partial charge in [0, 0.05) is 30.7 Å². The van der Waals surface area contributed by atoms with Gasteiger partial charge in [-0.05, 0) is 30.7 Å². The molecule has 10 heteroatoms. The van der Waals surface area contributed by atoms with E-state index in [4.69, 9.17) is 5.73 Å². The SMILES string of the molecule is CCN(C(N)=O)c1nc2c(-n3cc(C(=O)O)cn3)cc(-c3cccnc3)cc2[nH]1. The summed E-state index contributed by atoms with van der Waals surface area (Å²) in [6.07, 6.45) is 6.07. The molecule has 29 heavy (non-hydrogen) atoms. The Kier molecular flexibility index (Phi) is 4.43. The molecule has 3 heterocycles. The molecule has 0 bridgehead atoms. The summed E-state index contributed by atoms with van der Waals surface area (Å²) in [6, 6.07) is 6.81. The molecule has 0 fully saturated rings. The number of aromatic nitrogens is 5. The van der Waals surface area contributed by atoms with Crippen molar-refractivity contribution in [2.45, 2.75) is 6.92 Å². The zero-order chi connectivity index (χ0) is 20.5. The lowest BCUT2D eigenvalue weighted by molar-refractivity contribution is 0.0697. The van der Waals surface area contributed by atoms with Crippen LogP contribution in [0.5, 0.6) is 0 Å². The fourth-order valence-corrected chi connectivity index (χ4v) is 3.06. The number of pyridine rings is 1. The molecule has 4 aromatic rings. The van der Waals surface area contributed by atoms with Crippen LogP contribution in [0.15, 0.2) is 49.1 Å². The lowest BCUT2D eigenvalue weighted by atomic mass is 10.1. The Bertz CT molecular complexity index is 1210.